The monoisotopic (exact) mass is 833 g/mol. The van der Waals surface area contributed by atoms with Crippen molar-refractivity contribution in [1.29, 1.82) is 0 Å². The molecule has 0 aromatic heterocycles. The summed E-state index contributed by atoms with van der Waals surface area (Å²) in [7, 11) is 0. The maximum Gasteiger partial charge on any atom is 0.327 e. The molecule has 5 aliphatic heterocycles. The second kappa shape index (κ2) is 17.8. The van der Waals surface area contributed by atoms with Crippen molar-refractivity contribution in [1.82, 2.24) is 15.3 Å². The number of nitrogens with one attached hydrogen (secondary N) is 1. The van der Waals surface area contributed by atoms with Crippen molar-refractivity contribution in [2.24, 2.45) is 5.41 Å². The minimum Gasteiger partial charge on any atom is -0.460 e. The van der Waals surface area contributed by atoms with Crippen LogP contribution >= 0.6 is 0 Å². The van der Waals surface area contributed by atoms with E-state index < -0.39 is 121 Å². The van der Waals surface area contributed by atoms with Crippen molar-refractivity contribution in [3.05, 3.63) is 41.5 Å². The minimum atomic E-state index is -1.58. The van der Waals surface area contributed by atoms with Gasteiger partial charge in [-0.3, -0.25) is 24.0 Å². The third-order valence-electron chi connectivity index (χ3n) is 11.9. The van der Waals surface area contributed by atoms with Crippen LogP contribution in [0.25, 0.3) is 6.08 Å². The maximum atomic E-state index is 15.1. The van der Waals surface area contributed by atoms with Gasteiger partial charge in [0.05, 0.1) is 32.4 Å². The molecule has 2 amide bonds. The number of carbonyl (C=O) groups excluding carboxylic acids is 4. The summed E-state index contributed by atoms with van der Waals surface area (Å²) in [4.78, 5) is 63.5. The number of aliphatic hydroxyl groups excluding tert-OH is 5. The van der Waals surface area contributed by atoms with Crippen molar-refractivity contribution >= 4 is 29.8 Å². The average Bonchev–Trinajstić information content (AvgIpc) is 3.97. The highest BCUT2D eigenvalue weighted by Gasteiger charge is 2.75. The molecule has 6 fully saturated rings. The van der Waals surface area contributed by atoms with E-state index in [1.54, 1.807) is 39.0 Å². The summed E-state index contributed by atoms with van der Waals surface area (Å²) in [5.41, 5.74) is -0.789. The summed E-state index contributed by atoms with van der Waals surface area (Å²) < 4.78 is 34.2. The molecule has 0 spiro atoms. The molecule has 5 saturated heterocycles. The van der Waals surface area contributed by atoms with E-state index in [9.17, 15) is 39.9 Å². The molecule has 13 atom stereocenters. The van der Waals surface area contributed by atoms with Gasteiger partial charge in [-0.1, -0.05) is 36.4 Å². The highest BCUT2D eigenvalue weighted by molar-refractivity contribution is 5.96. The van der Waals surface area contributed by atoms with Crippen molar-refractivity contribution in [3.8, 4) is 0 Å². The summed E-state index contributed by atoms with van der Waals surface area (Å²) >= 11 is 0. The van der Waals surface area contributed by atoms with Crippen LogP contribution in [0.3, 0.4) is 0 Å². The Morgan fingerprint density at radius 2 is 1.83 bits per heavy atom. The number of esters is 2. The first kappa shape index (κ1) is 43.5. The molecule has 1 aromatic rings. The van der Waals surface area contributed by atoms with E-state index in [0.717, 1.165) is 0 Å². The van der Waals surface area contributed by atoms with Crippen LogP contribution in [0.4, 0.5) is 0 Å². The number of carbonyl (C=O) groups is 4. The zero-order valence-corrected chi connectivity index (χ0v) is 33.3. The molecule has 19 heteroatoms. The number of amides is 2. The van der Waals surface area contributed by atoms with Gasteiger partial charge in [-0.25, -0.2) is 0 Å². The van der Waals surface area contributed by atoms with Crippen molar-refractivity contribution in [2.45, 2.75) is 138 Å². The molecule has 1 saturated carbocycles. The van der Waals surface area contributed by atoms with Crippen LogP contribution in [0, 0.1) is 5.41 Å². The zero-order valence-electron chi connectivity index (χ0n) is 33.3. The first-order valence-corrected chi connectivity index (χ1v) is 20.1. The number of benzene rings is 1. The summed E-state index contributed by atoms with van der Waals surface area (Å²) in [6.07, 6.45) is -5.85. The lowest BCUT2D eigenvalue weighted by Crippen LogP contribution is -2.70. The highest BCUT2D eigenvalue weighted by atomic mass is 16.8. The quantitative estimate of drug-likeness (QED) is 0.119. The second-order valence-electron chi connectivity index (χ2n) is 16.9. The highest BCUT2D eigenvalue weighted by Crippen LogP contribution is 2.56. The van der Waals surface area contributed by atoms with Gasteiger partial charge in [0.15, 0.2) is 12.3 Å². The van der Waals surface area contributed by atoms with Gasteiger partial charge in [0.25, 0.3) is 0 Å². The lowest BCUT2D eigenvalue weighted by molar-refractivity contribution is -0.298. The van der Waals surface area contributed by atoms with Crippen LogP contribution in [0.5, 0.6) is 0 Å². The van der Waals surface area contributed by atoms with Gasteiger partial charge in [0, 0.05) is 19.4 Å². The number of fused-ring (bicyclic) bond motifs is 4. The van der Waals surface area contributed by atoms with E-state index in [1.807, 2.05) is 18.2 Å². The lowest BCUT2D eigenvalue weighted by atomic mass is 9.62. The topological polar surface area (TPSA) is 253 Å². The Hall–Kier alpha value is -3.60. The number of hydrogen-bond donors (Lipinski definition) is 6. The second-order valence-corrected chi connectivity index (χ2v) is 16.9. The molecule has 0 radical (unpaired) electrons. The van der Waals surface area contributed by atoms with Crippen molar-refractivity contribution < 1.29 is 78.0 Å². The van der Waals surface area contributed by atoms with Crippen LogP contribution in [-0.2, 0) is 59.0 Å². The van der Waals surface area contributed by atoms with Crippen molar-refractivity contribution in [2.75, 3.05) is 33.2 Å². The van der Waals surface area contributed by atoms with Gasteiger partial charge in [-0.2, -0.15) is 5.06 Å². The Morgan fingerprint density at radius 3 is 2.58 bits per heavy atom. The van der Waals surface area contributed by atoms with E-state index in [4.69, 9.17) is 33.3 Å². The van der Waals surface area contributed by atoms with Crippen LogP contribution in [-0.4, -0.2) is 171 Å². The number of aliphatic hydroxyl groups is 5. The smallest absolute Gasteiger partial charge is 0.327 e. The summed E-state index contributed by atoms with van der Waals surface area (Å²) in [5, 5.41) is 54.3. The summed E-state index contributed by atoms with van der Waals surface area (Å²) in [5.74, 6) is -2.07. The van der Waals surface area contributed by atoms with Crippen molar-refractivity contribution in [3.63, 3.8) is 0 Å². The number of likely N-dealkylation sites (tertiary alicyclic amines) is 1. The summed E-state index contributed by atoms with van der Waals surface area (Å²) in [6, 6.07) is 4.38. The molecule has 5 heterocycles. The standard InChI is InChI=1S/C40H55N3O16/c1-39(2,3)58-27(46)13-12-23(18-44)41-35(50)24-11-6-14-42(24)38(52)40-16-25-31-32(55-20-54-31)34(40)59-43(33(40)36(51)56-25)17-22-9-5-4-8-21(22)10-7-15-53-37-30(49)29(48)28(47)26(19-45)57-37/h4-5,7-10,23-26,28-34,37,44-45,47-49H,6,11-20H2,1-3H3,(H,41,50). The largest absolute Gasteiger partial charge is 0.460 e. The molecule has 59 heavy (non-hydrogen) atoms. The Bertz CT molecular complexity index is 1740. The van der Waals surface area contributed by atoms with Crippen LogP contribution in [0.2, 0.25) is 0 Å². The Balaban J connectivity index is 1.08. The van der Waals surface area contributed by atoms with Gasteiger partial charge >= 0.3 is 11.9 Å². The van der Waals surface area contributed by atoms with Gasteiger partial charge < -0.3 is 64.2 Å². The van der Waals surface area contributed by atoms with E-state index >= 15 is 4.79 Å². The van der Waals surface area contributed by atoms with E-state index in [1.165, 1.54) is 9.96 Å². The SMILES string of the molecule is CC(C)(C)OC(=O)CCC(CO)NC(=O)C1CCCN1C(=O)C12CC3OC(=O)C1N(Cc1ccccc1C=CCOC1OC(CO)C(O)C(O)C1O)OC2C1OCOC31. The normalized spacial score (nSPS) is 36.0. The molecule has 2 bridgehead atoms. The first-order valence-electron chi connectivity index (χ1n) is 20.1. The number of nitrogens with zero attached hydrogens (tertiary/aromatic N) is 2. The molecule has 6 aliphatic rings. The Kier molecular flexibility index (Phi) is 13.1. The van der Waals surface area contributed by atoms with E-state index in [-0.39, 0.29) is 45.8 Å². The fraction of sp³-hybridized carbons (Fsp3) is 0.700. The first-order chi connectivity index (χ1) is 28.2. The predicted octanol–water partition coefficient (Wildman–Crippen LogP) is -1.35. The van der Waals surface area contributed by atoms with E-state index in [0.29, 0.717) is 24.0 Å². The molecule has 1 aliphatic carbocycles. The minimum absolute atomic E-state index is 0.0291. The Morgan fingerprint density at radius 1 is 1.07 bits per heavy atom. The number of hydrogen-bond acceptors (Lipinski definition) is 17. The Labute approximate surface area is 341 Å². The molecular formula is C40H55N3O16. The zero-order chi connectivity index (χ0) is 42.2. The van der Waals surface area contributed by atoms with Gasteiger partial charge in [-0.05, 0) is 51.2 Å². The molecule has 6 N–H and O–H groups in total. The third-order valence-corrected chi connectivity index (χ3v) is 11.9. The molecule has 326 valence electrons. The lowest BCUT2D eigenvalue weighted by Gasteiger charge is -2.50. The van der Waals surface area contributed by atoms with Gasteiger partial charge in [0.1, 0.15) is 72.7 Å². The molecular weight excluding hydrogens is 778 g/mol. The number of rotatable bonds is 14. The van der Waals surface area contributed by atoms with Gasteiger partial charge in [-0.15, -0.1) is 0 Å². The average molecular weight is 834 g/mol. The third kappa shape index (κ3) is 8.65. The maximum absolute atomic E-state index is 15.1. The molecule has 1 aromatic carbocycles. The van der Waals surface area contributed by atoms with Crippen LogP contribution < -0.4 is 5.32 Å². The summed E-state index contributed by atoms with van der Waals surface area (Å²) in [6.45, 7) is 4.33. The molecule has 19 nitrogen and oxygen atoms in total. The van der Waals surface area contributed by atoms with E-state index in [2.05, 4.69) is 5.32 Å². The number of hydroxylamine groups is 2. The fourth-order valence-corrected chi connectivity index (χ4v) is 9.09. The predicted molar refractivity (Wildman–Crippen MR) is 200 cm³/mol. The fourth-order valence-electron chi connectivity index (χ4n) is 9.09. The molecule has 13 unspecified atom stereocenters. The van der Waals surface area contributed by atoms with Gasteiger partial charge in [0.2, 0.25) is 11.8 Å². The number of ether oxygens (including phenoxy) is 6. The molecule has 7 rings (SSSR count). The van der Waals surface area contributed by atoms with Crippen LogP contribution in [0.15, 0.2) is 30.3 Å². The van der Waals surface area contributed by atoms with Crippen LogP contribution in [0.1, 0.15) is 64.0 Å².